The summed E-state index contributed by atoms with van der Waals surface area (Å²) in [6, 6.07) is 0. The van der Waals surface area contributed by atoms with Crippen LogP contribution in [0.3, 0.4) is 0 Å². The second kappa shape index (κ2) is 8.95. The maximum atomic E-state index is 11.3. The first-order valence-corrected chi connectivity index (χ1v) is 7.19. The minimum Gasteiger partial charge on any atom is -0.343 e. The summed E-state index contributed by atoms with van der Waals surface area (Å²) in [6.45, 7) is 2.61. The van der Waals surface area contributed by atoms with E-state index in [4.69, 9.17) is 9.05 Å². The van der Waals surface area contributed by atoms with Crippen LogP contribution in [0.15, 0.2) is 0 Å². The normalized spacial score (nSPS) is 14.8. The van der Waals surface area contributed by atoms with E-state index in [1.54, 1.807) is 0 Å². The molecule has 0 aromatic rings. The van der Waals surface area contributed by atoms with E-state index in [1.807, 2.05) is 21.1 Å². The fourth-order valence-electron chi connectivity index (χ4n) is 1.06. The minimum atomic E-state index is -2.10. The van der Waals surface area contributed by atoms with Crippen molar-refractivity contribution >= 4 is 8.25 Å². The maximum absolute atomic E-state index is 11.3. The smallest absolute Gasteiger partial charge is 0.343 e. The monoisotopic (exact) mass is 267 g/mol. The molecule has 0 fully saturated rings. The van der Waals surface area contributed by atoms with Crippen LogP contribution in [0.1, 0.15) is 32.6 Å². The van der Waals surface area contributed by atoms with Gasteiger partial charge in [-0.2, -0.15) is 0 Å². The molecule has 0 aliphatic heterocycles. The molecule has 102 valence electrons. The Kier molecular flexibility index (Phi) is 8.92. The van der Waals surface area contributed by atoms with E-state index in [0.717, 1.165) is 12.8 Å². The molecule has 5 nitrogen and oxygen atoms in total. The third-order valence-electron chi connectivity index (χ3n) is 2.42. The second-order valence-corrected chi connectivity index (χ2v) is 5.97. The molecule has 0 amide bonds. The number of likely N-dealkylation sites (N-methyl/N-ethyl adjacent to an activating group) is 1. The molecule has 2 unspecified atom stereocenters. The van der Waals surface area contributed by atoms with Gasteiger partial charge >= 0.3 is 8.25 Å². The molecule has 2 atom stereocenters. The molecule has 0 radical (unpaired) electrons. The van der Waals surface area contributed by atoms with Crippen LogP contribution in [-0.2, 0) is 13.6 Å². The largest absolute Gasteiger partial charge is 0.697 e. The van der Waals surface area contributed by atoms with Gasteiger partial charge in [-0.25, -0.2) is 0 Å². The van der Waals surface area contributed by atoms with Crippen molar-refractivity contribution in [3.63, 3.8) is 0 Å². The Balaban J connectivity index is 3.53. The molecule has 0 aliphatic carbocycles. The summed E-state index contributed by atoms with van der Waals surface area (Å²) in [5.74, 6) is 0. The van der Waals surface area contributed by atoms with Gasteiger partial charge in [-0.15, -0.1) is 9.05 Å². The Bertz CT molecular complexity index is 218. The lowest BCUT2D eigenvalue weighted by Gasteiger charge is -2.27. The molecule has 0 aliphatic rings. The van der Waals surface area contributed by atoms with E-state index in [0.29, 0.717) is 11.1 Å². The average molecular weight is 267 g/mol. The minimum absolute atomic E-state index is 0.0215. The highest BCUT2D eigenvalue weighted by atomic mass is 31.1. The van der Waals surface area contributed by atoms with Crippen molar-refractivity contribution in [3.05, 3.63) is 0 Å². The number of hydrogen-bond donors (Lipinski definition) is 1. The predicted molar refractivity (Wildman–Crippen MR) is 67.7 cm³/mol. The predicted octanol–water partition coefficient (Wildman–Crippen LogP) is 2.28. The summed E-state index contributed by atoms with van der Waals surface area (Å²) < 4.78 is 21.6. The lowest BCUT2D eigenvalue weighted by molar-refractivity contribution is -0.918. The van der Waals surface area contributed by atoms with Crippen LogP contribution in [0.2, 0.25) is 0 Å². The molecule has 0 heterocycles. The third kappa shape index (κ3) is 9.62. The van der Waals surface area contributed by atoms with Crippen LogP contribution >= 0.6 is 8.25 Å². The van der Waals surface area contributed by atoms with Gasteiger partial charge in [-0.05, 0) is 6.42 Å². The van der Waals surface area contributed by atoms with E-state index < -0.39 is 14.5 Å². The Hall–Kier alpha value is -0.0600. The number of rotatable bonds is 10. The Morgan fingerprint density at radius 2 is 1.82 bits per heavy atom. The van der Waals surface area contributed by atoms with E-state index >= 15 is 0 Å². The number of hydrogen-bond acceptors (Lipinski definition) is 4. The summed E-state index contributed by atoms with van der Waals surface area (Å²) in [5, 5.41) is 9.64. The fraction of sp³-hybridized carbons (Fsp3) is 1.00. The number of unbranched alkanes of at least 4 members (excludes halogenated alkanes) is 3. The fourth-order valence-corrected chi connectivity index (χ4v) is 1.66. The van der Waals surface area contributed by atoms with Crippen molar-refractivity contribution in [3.8, 4) is 0 Å². The first-order valence-electron chi connectivity index (χ1n) is 6.10. The van der Waals surface area contributed by atoms with Gasteiger partial charge in [0, 0.05) is 4.57 Å². The summed E-state index contributed by atoms with van der Waals surface area (Å²) >= 11 is 0. The van der Waals surface area contributed by atoms with E-state index in [2.05, 4.69) is 6.92 Å². The first-order chi connectivity index (χ1) is 7.88. The highest BCUT2D eigenvalue weighted by molar-refractivity contribution is 7.33. The van der Waals surface area contributed by atoms with Gasteiger partial charge in [0.1, 0.15) is 6.61 Å². The van der Waals surface area contributed by atoms with Crippen molar-refractivity contribution < 1.29 is 23.2 Å². The molecule has 0 rings (SSSR count). The summed E-state index contributed by atoms with van der Waals surface area (Å²) in [7, 11) is 3.42. The molecule has 6 heteroatoms. The topological polar surface area (TPSA) is 55.8 Å². The van der Waals surface area contributed by atoms with Crippen LogP contribution in [0.25, 0.3) is 0 Å². The Morgan fingerprint density at radius 3 is 2.35 bits per heavy atom. The number of quaternary nitrogens is 1. The summed E-state index contributed by atoms with van der Waals surface area (Å²) in [6.07, 6.45) is 3.62. The van der Waals surface area contributed by atoms with Crippen molar-refractivity contribution in [2.75, 3.05) is 34.4 Å². The number of nitrogens with zero attached hydrogens (tertiary/aromatic N) is 1. The standard InChI is InChI=1S/C11H26NO4P/c1-5-6-7-8-9-15-17(14)16-10-11(13)12(2,3)4/h11,13H,5-10H2,1-4H3/q+2. The quantitative estimate of drug-likeness (QED) is 0.285. The van der Waals surface area contributed by atoms with Crippen molar-refractivity contribution in [2.45, 2.75) is 38.8 Å². The average Bonchev–Trinajstić information content (AvgIpc) is 2.24. The zero-order valence-electron chi connectivity index (χ0n) is 11.4. The van der Waals surface area contributed by atoms with Crippen LogP contribution in [-0.4, -0.2) is 50.2 Å². The van der Waals surface area contributed by atoms with Crippen LogP contribution < -0.4 is 0 Å². The van der Waals surface area contributed by atoms with Crippen LogP contribution in [0.5, 0.6) is 0 Å². The maximum Gasteiger partial charge on any atom is 0.697 e. The lowest BCUT2D eigenvalue weighted by Crippen LogP contribution is -2.47. The number of aliphatic hydroxyl groups excluding tert-OH is 1. The summed E-state index contributed by atoms with van der Waals surface area (Å²) in [5.41, 5.74) is 0. The van der Waals surface area contributed by atoms with Gasteiger partial charge in [0.15, 0.2) is 6.61 Å². The van der Waals surface area contributed by atoms with E-state index in [-0.39, 0.29) is 6.61 Å². The van der Waals surface area contributed by atoms with Crippen molar-refractivity contribution in [1.29, 1.82) is 0 Å². The Morgan fingerprint density at radius 1 is 1.18 bits per heavy atom. The molecule has 1 N–H and O–H groups in total. The zero-order chi connectivity index (χ0) is 13.3. The second-order valence-electron chi connectivity index (χ2n) is 5.01. The molecular formula is C11H26NO4P+2. The third-order valence-corrected chi connectivity index (χ3v) is 3.17. The van der Waals surface area contributed by atoms with E-state index in [9.17, 15) is 9.67 Å². The zero-order valence-corrected chi connectivity index (χ0v) is 12.3. The lowest BCUT2D eigenvalue weighted by atomic mass is 10.2. The Labute approximate surface area is 105 Å². The highest BCUT2D eigenvalue weighted by Gasteiger charge is 2.28. The molecule has 0 spiro atoms. The number of aliphatic hydroxyl groups is 1. The van der Waals surface area contributed by atoms with Gasteiger partial charge in [0.05, 0.1) is 21.1 Å². The van der Waals surface area contributed by atoms with Gasteiger partial charge in [0.2, 0.25) is 6.23 Å². The highest BCUT2D eigenvalue weighted by Crippen LogP contribution is 2.24. The SMILES string of the molecule is CCCCCCO[P+](=O)OCC(O)[N+](C)(C)C. The molecule has 0 saturated carbocycles. The molecule has 0 aromatic carbocycles. The van der Waals surface area contributed by atoms with Gasteiger partial charge < -0.3 is 9.59 Å². The van der Waals surface area contributed by atoms with Crippen LogP contribution in [0.4, 0.5) is 0 Å². The first kappa shape index (κ1) is 16.9. The molecule has 0 aromatic heterocycles. The van der Waals surface area contributed by atoms with Crippen molar-refractivity contribution in [2.24, 2.45) is 0 Å². The molecule has 0 saturated heterocycles. The molecular weight excluding hydrogens is 241 g/mol. The van der Waals surface area contributed by atoms with Gasteiger partial charge in [0.25, 0.3) is 0 Å². The van der Waals surface area contributed by atoms with Crippen molar-refractivity contribution in [1.82, 2.24) is 0 Å². The molecule has 0 bridgehead atoms. The van der Waals surface area contributed by atoms with Gasteiger partial charge in [-0.1, -0.05) is 26.2 Å². The summed E-state index contributed by atoms with van der Waals surface area (Å²) in [4.78, 5) is 0. The molecule has 17 heavy (non-hydrogen) atoms. The van der Waals surface area contributed by atoms with Gasteiger partial charge in [-0.3, -0.25) is 0 Å². The van der Waals surface area contributed by atoms with Crippen LogP contribution in [0, 0.1) is 0 Å². The van der Waals surface area contributed by atoms with E-state index in [1.165, 1.54) is 12.8 Å².